The highest BCUT2D eigenvalue weighted by molar-refractivity contribution is 7.85. The van der Waals surface area contributed by atoms with E-state index in [4.69, 9.17) is 13.7 Å². The van der Waals surface area contributed by atoms with Crippen LogP contribution in [0.3, 0.4) is 0 Å². The molecule has 0 bridgehead atoms. The molecule has 3 aliphatic rings. The lowest BCUT2D eigenvalue weighted by Crippen LogP contribution is -2.39. The van der Waals surface area contributed by atoms with E-state index in [0.29, 0.717) is 24.3 Å². The van der Waals surface area contributed by atoms with Crippen LogP contribution in [0.5, 0.6) is 0 Å². The summed E-state index contributed by atoms with van der Waals surface area (Å²) in [5.41, 5.74) is 0.178. The van der Waals surface area contributed by atoms with Gasteiger partial charge in [-0.15, -0.1) is 0 Å². The van der Waals surface area contributed by atoms with Crippen LogP contribution in [0.4, 0.5) is 19.7 Å². The minimum Gasteiger partial charge on any atom is -0.444 e. The van der Waals surface area contributed by atoms with Gasteiger partial charge in [0.2, 0.25) is 0 Å². The molecule has 1 aromatic heterocycles. The summed E-state index contributed by atoms with van der Waals surface area (Å²) < 4.78 is 52.8. The molecule has 1 saturated carbocycles. The van der Waals surface area contributed by atoms with Crippen LogP contribution in [0.1, 0.15) is 26.5 Å². The van der Waals surface area contributed by atoms with Gasteiger partial charge in [-0.05, 0) is 45.0 Å². The largest absolute Gasteiger partial charge is 0.444 e. The Morgan fingerprint density at radius 1 is 1.23 bits per heavy atom. The molecule has 40 heavy (non-hydrogen) atoms. The number of likely N-dealkylation sites (tertiary alicyclic amines) is 1. The number of amides is 2. The van der Waals surface area contributed by atoms with Crippen LogP contribution in [-0.2, 0) is 29.2 Å². The van der Waals surface area contributed by atoms with Gasteiger partial charge in [-0.25, -0.2) is 14.0 Å². The van der Waals surface area contributed by atoms with Crippen molar-refractivity contribution < 1.29 is 36.1 Å². The lowest BCUT2D eigenvalue weighted by Gasteiger charge is -2.27. The Labute approximate surface area is 231 Å². The highest BCUT2D eigenvalue weighted by Gasteiger charge is 2.71. The second kappa shape index (κ2) is 9.71. The first-order valence-electron chi connectivity index (χ1n) is 12.7. The van der Waals surface area contributed by atoms with Gasteiger partial charge in [-0.3, -0.25) is 14.1 Å². The van der Waals surface area contributed by atoms with E-state index in [1.54, 1.807) is 43.9 Å². The van der Waals surface area contributed by atoms with Gasteiger partial charge in [-0.1, -0.05) is 6.07 Å². The van der Waals surface area contributed by atoms with E-state index in [1.807, 2.05) is 0 Å². The van der Waals surface area contributed by atoms with Gasteiger partial charge in [-0.2, -0.15) is 13.7 Å². The van der Waals surface area contributed by atoms with Crippen molar-refractivity contribution in [2.45, 2.75) is 37.9 Å². The molecule has 3 fully saturated rings. The number of piperidine rings is 1. The summed E-state index contributed by atoms with van der Waals surface area (Å²) in [6.07, 6.45) is 0.464. The van der Waals surface area contributed by atoms with Crippen molar-refractivity contribution in [2.24, 2.45) is 11.8 Å². The molecule has 2 saturated heterocycles. The number of hydrogen-bond acceptors (Lipinski definition) is 9. The summed E-state index contributed by atoms with van der Waals surface area (Å²) in [5.74, 6) is -0.695. The Hall–Kier alpha value is -3.76. The quantitative estimate of drug-likeness (QED) is 0.476. The van der Waals surface area contributed by atoms with E-state index in [9.17, 15) is 23.3 Å². The van der Waals surface area contributed by atoms with Crippen molar-refractivity contribution in [3.05, 3.63) is 48.0 Å². The maximum Gasteiger partial charge on any atom is 0.414 e. The summed E-state index contributed by atoms with van der Waals surface area (Å²) in [6, 6.07) is 10.1. The summed E-state index contributed by atoms with van der Waals surface area (Å²) in [5, 5.41) is 10.0. The number of fused-ring (bicyclic) bond motifs is 1. The SMILES string of the molecule is CC(C)(C)OC(=O)N1C[C@@H]2[C@H](C1)C2(C#N)c1ccc(-c2ccc(N3C[C@H](COS(C)(=O)=O)OC3=O)cc2F)cn1. The highest BCUT2D eigenvalue weighted by Crippen LogP contribution is 2.62. The molecule has 2 aromatic rings. The van der Waals surface area contributed by atoms with E-state index in [2.05, 4.69) is 11.1 Å². The minimum atomic E-state index is -3.70. The fourth-order valence-electron chi connectivity index (χ4n) is 5.43. The molecule has 0 spiro atoms. The zero-order valence-corrected chi connectivity index (χ0v) is 23.3. The molecule has 11 nitrogen and oxygen atoms in total. The third-order valence-corrected chi connectivity index (χ3v) is 7.89. The Balaban J connectivity index is 1.26. The second-order valence-electron chi connectivity index (χ2n) is 11.3. The van der Waals surface area contributed by atoms with Gasteiger partial charge >= 0.3 is 12.2 Å². The maximum absolute atomic E-state index is 15.1. The molecular weight excluding hydrogens is 543 g/mol. The van der Waals surface area contributed by atoms with Crippen LogP contribution in [0.15, 0.2) is 36.5 Å². The lowest BCUT2D eigenvalue weighted by molar-refractivity contribution is 0.0265. The van der Waals surface area contributed by atoms with Crippen molar-refractivity contribution in [2.75, 3.05) is 37.4 Å². The Morgan fingerprint density at radius 3 is 2.48 bits per heavy atom. The fraction of sp³-hybridized carbons (Fsp3) is 0.481. The van der Waals surface area contributed by atoms with Gasteiger partial charge < -0.3 is 14.4 Å². The average Bonchev–Trinajstić information content (AvgIpc) is 3.15. The normalized spacial score (nSPS) is 25.8. The van der Waals surface area contributed by atoms with Crippen molar-refractivity contribution in [1.29, 1.82) is 5.26 Å². The minimum absolute atomic E-state index is 0.00727. The third-order valence-electron chi connectivity index (χ3n) is 7.32. The standard InChI is InChI=1S/C27H29FN4O7S/c1-26(2,3)39-24(33)31-12-20-21(13-31)27(20,15-29)23-8-5-16(10-30-23)19-7-6-17(9-22(19)28)32-11-18(38-25(32)34)14-37-40(4,35)36/h5-10,18,20-21H,11-14H2,1-4H3/t18-,20-,21+,27?/m1/s1. The molecule has 2 aliphatic heterocycles. The van der Waals surface area contributed by atoms with Crippen LogP contribution in [0.2, 0.25) is 0 Å². The number of hydrogen-bond donors (Lipinski definition) is 0. The summed E-state index contributed by atoms with van der Waals surface area (Å²) in [6.45, 7) is 5.91. The van der Waals surface area contributed by atoms with Crippen LogP contribution in [0, 0.1) is 29.0 Å². The number of anilines is 1. The zero-order valence-electron chi connectivity index (χ0n) is 22.5. The topological polar surface area (TPSA) is 139 Å². The molecule has 0 radical (unpaired) electrons. The third kappa shape index (κ3) is 5.21. The van der Waals surface area contributed by atoms with Crippen LogP contribution < -0.4 is 4.90 Å². The number of carbonyl (C=O) groups excluding carboxylic acids is 2. The number of nitrogens with zero attached hydrogens (tertiary/aromatic N) is 4. The predicted molar refractivity (Wildman–Crippen MR) is 140 cm³/mol. The smallest absolute Gasteiger partial charge is 0.414 e. The fourth-order valence-corrected chi connectivity index (χ4v) is 5.83. The molecule has 1 aromatic carbocycles. The number of rotatable bonds is 6. The maximum atomic E-state index is 15.1. The van der Waals surface area contributed by atoms with E-state index < -0.39 is 45.2 Å². The number of cyclic esters (lactones) is 1. The zero-order chi connectivity index (χ0) is 29.0. The molecular formula is C27H29FN4O7S. The Bertz CT molecular complexity index is 1490. The van der Waals surface area contributed by atoms with Crippen molar-refractivity contribution in [3.8, 4) is 17.2 Å². The van der Waals surface area contributed by atoms with Gasteiger partial charge in [0.25, 0.3) is 10.1 Å². The number of ether oxygens (including phenoxy) is 2. The Kier molecular flexibility index (Phi) is 6.74. The van der Waals surface area contributed by atoms with Gasteiger partial charge in [0.1, 0.15) is 29.5 Å². The molecule has 13 heteroatoms. The lowest BCUT2D eigenvalue weighted by atomic mass is 9.95. The van der Waals surface area contributed by atoms with E-state index >= 15 is 4.39 Å². The van der Waals surface area contributed by atoms with Crippen molar-refractivity contribution in [3.63, 3.8) is 0 Å². The second-order valence-corrected chi connectivity index (χ2v) is 12.9. The van der Waals surface area contributed by atoms with E-state index in [0.717, 1.165) is 6.26 Å². The molecule has 1 aliphatic carbocycles. The summed E-state index contributed by atoms with van der Waals surface area (Å²) in [7, 11) is -3.70. The average molecular weight is 573 g/mol. The monoisotopic (exact) mass is 572 g/mol. The number of pyridine rings is 1. The number of benzene rings is 1. The van der Waals surface area contributed by atoms with Gasteiger partial charge in [0, 0.05) is 42.2 Å². The molecule has 5 rings (SSSR count). The van der Waals surface area contributed by atoms with E-state index in [1.165, 1.54) is 23.2 Å². The van der Waals surface area contributed by atoms with Crippen molar-refractivity contribution >= 4 is 28.0 Å². The first-order valence-corrected chi connectivity index (χ1v) is 14.5. The molecule has 212 valence electrons. The molecule has 2 amide bonds. The number of halogens is 1. The van der Waals surface area contributed by atoms with E-state index in [-0.39, 0.29) is 36.2 Å². The number of nitriles is 1. The number of aromatic nitrogens is 1. The molecule has 3 heterocycles. The molecule has 4 atom stereocenters. The molecule has 0 N–H and O–H groups in total. The van der Waals surface area contributed by atoms with Gasteiger partial charge in [0.15, 0.2) is 0 Å². The van der Waals surface area contributed by atoms with Crippen molar-refractivity contribution in [1.82, 2.24) is 9.88 Å². The summed E-state index contributed by atoms with van der Waals surface area (Å²) in [4.78, 5) is 32.0. The summed E-state index contributed by atoms with van der Waals surface area (Å²) >= 11 is 0. The first kappa shape index (κ1) is 27.8. The molecule has 1 unspecified atom stereocenters. The number of carbonyl (C=O) groups is 2. The van der Waals surface area contributed by atoms with Crippen LogP contribution in [-0.4, -0.2) is 74.7 Å². The van der Waals surface area contributed by atoms with Crippen LogP contribution >= 0.6 is 0 Å². The predicted octanol–water partition coefficient (Wildman–Crippen LogP) is 3.45. The van der Waals surface area contributed by atoms with Gasteiger partial charge in [0.05, 0.1) is 30.3 Å². The highest BCUT2D eigenvalue weighted by atomic mass is 32.2. The van der Waals surface area contributed by atoms with Crippen LogP contribution in [0.25, 0.3) is 11.1 Å². The first-order chi connectivity index (χ1) is 18.7. The Morgan fingerprint density at radius 2 is 1.93 bits per heavy atom.